The maximum atomic E-state index is 6.23. The molecular weight excluding hydrogens is 346 g/mol. The molecule has 4 rings (SSSR count). The molecule has 1 aliphatic heterocycles. The second-order valence-electron chi connectivity index (χ2n) is 6.09. The van der Waals surface area contributed by atoms with Gasteiger partial charge in [0.05, 0.1) is 12.1 Å². The summed E-state index contributed by atoms with van der Waals surface area (Å²) in [6.45, 7) is 2.18. The Labute approximate surface area is 149 Å². The lowest BCUT2D eigenvalue weighted by Gasteiger charge is -2.27. The second kappa shape index (κ2) is 6.31. The molecule has 1 saturated heterocycles. The fourth-order valence-corrected chi connectivity index (χ4v) is 4.17. The summed E-state index contributed by atoms with van der Waals surface area (Å²) in [5.74, 6) is 2.06. The number of halogens is 1. The SMILES string of the molecule is COc1ccc(-c2nn3c(C4CCN(C)CC4)nnc3s2)cc1Cl. The van der Waals surface area contributed by atoms with Crippen LogP contribution < -0.4 is 4.74 Å². The van der Waals surface area contributed by atoms with Crippen LogP contribution in [0.25, 0.3) is 15.5 Å². The van der Waals surface area contributed by atoms with Crippen molar-refractivity contribution in [3.63, 3.8) is 0 Å². The van der Waals surface area contributed by atoms with E-state index in [1.165, 1.54) is 11.3 Å². The second-order valence-corrected chi connectivity index (χ2v) is 7.45. The third-order valence-corrected chi connectivity index (χ3v) is 5.74. The predicted molar refractivity (Wildman–Crippen MR) is 95.1 cm³/mol. The van der Waals surface area contributed by atoms with E-state index in [0.717, 1.165) is 47.3 Å². The lowest BCUT2D eigenvalue weighted by molar-refractivity contribution is 0.250. The van der Waals surface area contributed by atoms with Gasteiger partial charge in [-0.2, -0.15) is 9.61 Å². The predicted octanol–water partition coefficient (Wildman–Crippen LogP) is 3.32. The van der Waals surface area contributed by atoms with Crippen LogP contribution in [0, 0.1) is 0 Å². The topological polar surface area (TPSA) is 55.6 Å². The molecule has 1 aliphatic rings. The zero-order valence-electron chi connectivity index (χ0n) is 13.6. The van der Waals surface area contributed by atoms with Crippen LogP contribution in [0.2, 0.25) is 5.02 Å². The number of rotatable bonds is 3. The Kier molecular flexibility index (Phi) is 4.15. The Hall–Kier alpha value is -1.70. The summed E-state index contributed by atoms with van der Waals surface area (Å²) >= 11 is 7.76. The smallest absolute Gasteiger partial charge is 0.234 e. The van der Waals surface area contributed by atoms with E-state index in [2.05, 4.69) is 22.1 Å². The molecule has 24 heavy (non-hydrogen) atoms. The van der Waals surface area contributed by atoms with E-state index in [1.807, 2.05) is 22.7 Å². The fourth-order valence-electron chi connectivity index (χ4n) is 3.07. The molecule has 0 amide bonds. The Balaban J connectivity index is 1.68. The summed E-state index contributed by atoms with van der Waals surface area (Å²) in [5.41, 5.74) is 0.964. The lowest BCUT2D eigenvalue weighted by atomic mass is 9.96. The summed E-state index contributed by atoms with van der Waals surface area (Å²) in [6, 6.07) is 5.70. The van der Waals surface area contributed by atoms with E-state index in [1.54, 1.807) is 7.11 Å². The molecule has 0 radical (unpaired) electrons. The number of methoxy groups -OCH3 is 1. The van der Waals surface area contributed by atoms with Gasteiger partial charge in [-0.1, -0.05) is 22.9 Å². The van der Waals surface area contributed by atoms with Crippen molar-refractivity contribution in [3.05, 3.63) is 29.0 Å². The number of hydrogen-bond donors (Lipinski definition) is 0. The van der Waals surface area contributed by atoms with E-state index < -0.39 is 0 Å². The van der Waals surface area contributed by atoms with Crippen LogP contribution >= 0.6 is 22.9 Å². The van der Waals surface area contributed by atoms with Crippen LogP contribution in [0.4, 0.5) is 0 Å². The molecule has 0 aliphatic carbocycles. The molecule has 0 spiro atoms. The first-order valence-electron chi connectivity index (χ1n) is 7.90. The number of nitrogens with zero attached hydrogens (tertiary/aromatic N) is 5. The molecular formula is C16H18ClN5OS. The van der Waals surface area contributed by atoms with Crippen molar-refractivity contribution in [2.24, 2.45) is 0 Å². The van der Waals surface area contributed by atoms with Crippen LogP contribution in [0.5, 0.6) is 5.75 Å². The van der Waals surface area contributed by atoms with Crippen molar-refractivity contribution in [3.8, 4) is 16.3 Å². The molecule has 0 N–H and O–H groups in total. The fraction of sp³-hybridized carbons (Fsp3) is 0.438. The van der Waals surface area contributed by atoms with Crippen LogP contribution in [0.15, 0.2) is 18.2 Å². The Morgan fingerprint density at radius 2 is 2.04 bits per heavy atom. The summed E-state index contributed by atoms with van der Waals surface area (Å²) < 4.78 is 7.10. The maximum Gasteiger partial charge on any atom is 0.234 e. The highest BCUT2D eigenvalue weighted by atomic mass is 35.5. The van der Waals surface area contributed by atoms with Crippen LogP contribution in [-0.2, 0) is 0 Å². The van der Waals surface area contributed by atoms with Crippen molar-refractivity contribution in [1.29, 1.82) is 0 Å². The summed E-state index contributed by atoms with van der Waals surface area (Å²) in [7, 11) is 3.77. The van der Waals surface area contributed by atoms with Gasteiger partial charge < -0.3 is 9.64 Å². The van der Waals surface area contributed by atoms with Gasteiger partial charge in [-0.15, -0.1) is 10.2 Å². The molecule has 3 heterocycles. The van der Waals surface area contributed by atoms with Crippen molar-refractivity contribution >= 4 is 27.9 Å². The first kappa shape index (κ1) is 15.8. The van der Waals surface area contributed by atoms with Crippen molar-refractivity contribution < 1.29 is 4.74 Å². The lowest BCUT2D eigenvalue weighted by Crippen LogP contribution is -2.30. The molecule has 1 aromatic carbocycles. The van der Waals surface area contributed by atoms with Crippen LogP contribution in [0.1, 0.15) is 24.6 Å². The number of hydrogen-bond acceptors (Lipinski definition) is 6. The summed E-state index contributed by atoms with van der Waals surface area (Å²) in [4.78, 5) is 3.17. The molecule has 0 bridgehead atoms. The van der Waals surface area contributed by atoms with Gasteiger partial charge in [0.1, 0.15) is 10.8 Å². The minimum atomic E-state index is 0.422. The van der Waals surface area contributed by atoms with Gasteiger partial charge in [-0.25, -0.2) is 0 Å². The molecule has 0 atom stereocenters. The molecule has 0 saturated carbocycles. The van der Waals surface area contributed by atoms with Crippen molar-refractivity contribution in [2.75, 3.05) is 27.2 Å². The molecule has 126 valence electrons. The number of fused-ring (bicyclic) bond motifs is 1. The minimum absolute atomic E-state index is 0.422. The van der Waals surface area contributed by atoms with Gasteiger partial charge in [0.15, 0.2) is 5.82 Å². The molecule has 2 aromatic heterocycles. The third kappa shape index (κ3) is 2.76. The zero-order valence-corrected chi connectivity index (χ0v) is 15.1. The highest BCUT2D eigenvalue weighted by Gasteiger charge is 2.24. The third-order valence-electron chi connectivity index (χ3n) is 4.50. The Morgan fingerprint density at radius 1 is 1.25 bits per heavy atom. The summed E-state index contributed by atoms with van der Waals surface area (Å²) in [5, 5.41) is 14.9. The van der Waals surface area contributed by atoms with Gasteiger partial charge in [0, 0.05) is 11.5 Å². The standard InChI is InChI=1S/C16H18ClN5OS/c1-21-7-5-10(6-8-21)14-18-19-16-22(14)20-15(24-16)11-3-4-13(23-2)12(17)9-11/h3-4,9-10H,5-8H2,1-2H3. The van der Waals surface area contributed by atoms with E-state index in [0.29, 0.717) is 16.7 Å². The molecule has 3 aromatic rings. The normalized spacial score (nSPS) is 16.8. The molecule has 6 nitrogen and oxygen atoms in total. The quantitative estimate of drug-likeness (QED) is 0.714. The highest BCUT2D eigenvalue weighted by Crippen LogP contribution is 2.34. The minimum Gasteiger partial charge on any atom is -0.495 e. The van der Waals surface area contributed by atoms with E-state index in [-0.39, 0.29) is 0 Å². The molecule has 1 fully saturated rings. The van der Waals surface area contributed by atoms with E-state index in [9.17, 15) is 0 Å². The zero-order chi connectivity index (χ0) is 16.7. The van der Waals surface area contributed by atoms with Gasteiger partial charge in [-0.05, 0) is 51.2 Å². The average molecular weight is 364 g/mol. The highest BCUT2D eigenvalue weighted by molar-refractivity contribution is 7.19. The molecule has 0 unspecified atom stereocenters. The average Bonchev–Trinajstić information content (AvgIpc) is 3.16. The number of piperidine rings is 1. The first-order chi connectivity index (χ1) is 11.7. The van der Waals surface area contributed by atoms with E-state index >= 15 is 0 Å². The maximum absolute atomic E-state index is 6.23. The van der Waals surface area contributed by atoms with Gasteiger partial charge >= 0.3 is 0 Å². The number of ether oxygens (including phenoxy) is 1. The monoisotopic (exact) mass is 363 g/mol. The van der Waals surface area contributed by atoms with Crippen molar-refractivity contribution in [2.45, 2.75) is 18.8 Å². The number of aromatic nitrogens is 4. The summed E-state index contributed by atoms with van der Waals surface area (Å²) in [6.07, 6.45) is 2.19. The van der Waals surface area contributed by atoms with Crippen LogP contribution in [-0.4, -0.2) is 52.0 Å². The first-order valence-corrected chi connectivity index (χ1v) is 9.09. The van der Waals surface area contributed by atoms with E-state index in [4.69, 9.17) is 21.4 Å². The van der Waals surface area contributed by atoms with Gasteiger partial charge in [-0.3, -0.25) is 0 Å². The van der Waals surface area contributed by atoms with Crippen LogP contribution in [0.3, 0.4) is 0 Å². The Bertz CT molecular complexity index is 869. The number of benzene rings is 1. The van der Waals surface area contributed by atoms with Gasteiger partial charge in [0.25, 0.3) is 0 Å². The molecule has 8 heteroatoms. The largest absolute Gasteiger partial charge is 0.495 e. The van der Waals surface area contributed by atoms with Crippen molar-refractivity contribution in [1.82, 2.24) is 24.7 Å². The number of likely N-dealkylation sites (tertiary alicyclic amines) is 1. The van der Waals surface area contributed by atoms with Gasteiger partial charge in [0.2, 0.25) is 4.96 Å². The Morgan fingerprint density at radius 3 is 2.75 bits per heavy atom.